The lowest BCUT2D eigenvalue weighted by Crippen LogP contribution is -2.02. The molecule has 1 nitrogen and oxygen atoms in total. The van der Waals surface area contributed by atoms with Crippen molar-refractivity contribution >= 4 is 6.29 Å². The number of unbranched alkanes of at least 4 members (excludes halogenated alkanes) is 42. The Labute approximate surface area is 325 Å². The van der Waals surface area contributed by atoms with E-state index in [0.717, 1.165) is 12.8 Å². The van der Waals surface area contributed by atoms with E-state index < -0.39 is 0 Å². The highest BCUT2D eigenvalue weighted by Gasteiger charge is 2.07. The molecule has 0 bridgehead atoms. The lowest BCUT2D eigenvalue weighted by atomic mass is 9.95. The molecule has 0 aliphatic heterocycles. The van der Waals surface area contributed by atoms with Crippen molar-refractivity contribution in [2.45, 2.75) is 309 Å². The highest BCUT2D eigenvalue weighted by Crippen LogP contribution is 2.20. The molecule has 0 aromatic rings. The third-order valence-electron chi connectivity index (χ3n) is 12.0. The minimum atomic E-state index is 0.334. The van der Waals surface area contributed by atoms with Gasteiger partial charge in [0.2, 0.25) is 0 Å². The van der Waals surface area contributed by atoms with E-state index in [-0.39, 0.29) is 0 Å². The minimum absolute atomic E-state index is 0.334. The van der Waals surface area contributed by atoms with Gasteiger partial charge in [-0.3, -0.25) is 0 Å². The summed E-state index contributed by atoms with van der Waals surface area (Å²) in [5, 5.41) is 0. The van der Waals surface area contributed by atoms with Crippen LogP contribution in [0.2, 0.25) is 0 Å². The number of hydrogen-bond donors (Lipinski definition) is 0. The van der Waals surface area contributed by atoms with Crippen molar-refractivity contribution in [3.8, 4) is 0 Å². The fraction of sp³-hybridized carbons (Fsp3) is 0.980. The summed E-state index contributed by atoms with van der Waals surface area (Å²) >= 11 is 0. The summed E-state index contributed by atoms with van der Waals surface area (Å²) in [6.45, 7) is 4.61. The maximum absolute atomic E-state index is 11.6. The van der Waals surface area contributed by atoms with Gasteiger partial charge >= 0.3 is 0 Å². The summed E-state index contributed by atoms with van der Waals surface area (Å²) in [5.41, 5.74) is 0. The third kappa shape index (κ3) is 45.8. The first-order valence-corrected chi connectivity index (χ1v) is 24.8. The van der Waals surface area contributed by atoms with Crippen LogP contribution in [0.25, 0.3) is 0 Å². The van der Waals surface area contributed by atoms with Crippen molar-refractivity contribution in [3.05, 3.63) is 0 Å². The van der Waals surface area contributed by atoms with Crippen LogP contribution in [-0.2, 0) is 4.79 Å². The van der Waals surface area contributed by atoms with Crippen molar-refractivity contribution in [3.63, 3.8) is 0 Å². The Morgan fingerprint density at radius 2 is 0.373 bits per heavy atom. The molecule has 306 valence electrons. The second-order valence-electron chi connectivity index (χ2n) is 17.3. The van der Waals surface area contributed by atoms with Crippen LogP contribution in [0.1, 0.15) is 309 Å². The maximum atomic E-state index is 11.6. The molecule has 0 atom stereocenters. The summed E-state index contributed by atoms with van der Waals surface area (Å²) in [7, 11) is 0. The quantitative estimate of drug-likeness (QED) is 0.0453. The zero-order valence-electron chi connectivity index (χ0n) is 36.1. The van der Waals surface area contributed by atoms with Crippen LogP contribution in [0, 0.1) is 5.92 Å². The molecule has 0 N–H and O–H groups in total. The molecule has 0 heterocycles. The predicted molar refractivity (Wildman–Crippen MR) is 233 cm³/mol. The molecule has 51 heavy (non-hydrogen) atoms. The normalized spacial score (nSPS) is 11.7. The SMILES string of the molecule is CCCCCCCCCCCCCCCCCCCCCCCCC(C=O)CCCCCCCCCCCCCCCCCCCCCCCC. The molecule has 0 aliphatic carbocycles. The Bertz CT molecular complexity index is 550. The number of carbonyl (C=O) groups is 1. The zero-order valence-corrected chi connectivity index (χ0v) is 36.1. The highest BCUT2D eigenvalue weighted by atomic mass is 16.1. The van der Waals surface area contributed by atoms with Crippen LogP contribution in [0.3, 0.4) is 0 Å². The molecule has 0 fully saturated rings. The topological polar surface area (TPSA) is 17.1 Å². The van der Waals surface area contributed by atoms with Crippen LogP contribution in [0.4, 0.5) is 0 Å². The average Bonchev–Trinajstić information content (AvgIpc) is 3.14. The Morgan fingerprint density at radius 1 is 0.235 bits per heavy atom. The van der Waals surface area contributed by atoms with Crippen molar-refractivity contribution in [2.75, 3.05) is 0 Å². The summed E-state index contributed by atoms with van der Waals surface area (Å²) in [6.07, 6.45) is 66.8. The molecular formula is C50H100O. The summed E-state index contributed by atoms with van der Waals surface area (Å²) in [4.78, 5) is 11.6. The number of carbonyl (C=O) groups excluding carboxylic acids is 1. The molecule has 0 rings (SSSR count). The van der Waals surface area contributed by atoms with Crippen molar-refractivity contribution in [1.82, 2.24) is 0 Å². The summed E-state index contributed by atoms with van der Waals surface area (Å²) in [5.74, 6) is 0.334. The first-order valence-electron chi connectivity index (χ1n) is 24.8. The maximum Gasteiger partial charge on any atom is 0.123 e. The van der Waals surface area contributed by atoms with Crippen LogP contribution < -0.4 is 0 Å². The standard InChI is InChI=1S/C50H100O/c1-3-5-7-9-11-13-15-17-19-21-23-25-27-29-31-33-35-37-39-41-43-45-47-50(49-51)48-46-44-42-40-38-36-34-32-30-28-26-24-22-20-18-16-14-12-10-8-6-4-2/h49-50H,3-48H2,1-2H3. The van der Waals surface area contributed by atoms with Gasteiger partial charge in [0, 0.05) is 5.92 Å². The van der Waals surface area contributed by atoms with Gasteiger partial charge < -0.3 is 4.79 Å². The smallest absolute Gasteiger partial charge is 0.123 e. The summed E-state index contributed by atoms with van der Waals surface area (Å²) < 4.78 is 0. The molecular weight excluding hydrogens is 617 g/mol. The largest absolute Gasteiger partial charge is 0.303 e. The van der Waals surface area contributed by atoms with Gasteiger partial charge in [-0.05, 0) is 12.8 Å². The van der Waals surface area contributed by atoms with Gasteiger partial charge in [-0.1, -0.05) is 296 Å². The average molecular weight is 717 g/mol. The molecule has 1 heteroatoms. The first kappa shape index (κ1) is 50.7. The van der Waals surface area contributed by atoms with Gasteiger partial charge in [-0.25, -0.2) is 0 Å². The Kier molecular flexibility index (Phi) is 47.4. The van der Waals surface area contributed by atoms with Crippen LogP contribution in [-0.4, -0.2) is 6.29 Å². The second-order valence-corrected chi connectivity index (χ2v) is 17.3. The van der Waals surface area contributed by atoms with E-state index in [4.69, 9.17) is 0 Å². The minimum Gasteiger partial charge on any atom is -0.303 e. The molecule has 0 unspecified atom stereocenters. The molecule has 0 saturated heterocycles. The van der Waals surface area contributed by atoms with Crippen molar-refractivity contribution < 1.29 is 4.79 Å². The van der Waals surface area contributed by atoms with Gasteiger partial charge in [0.25, 0.3) is 0 Å². The molecule has 0 amide bonds. The molecule has 0 spiro atoms. The lowest BCUT2D eigenvalue weighted by Gasteiger charge is -2.10. The van der Waals surface area contributed by atoms with E-state index in [2.05, 4.69) is 13.8 Å². The van der Waals surface area contributed by atoms with Crippen LogP contribution in [0.15, 0.2) is 0 Å². The van der Waals surface area contributed by atoms with E-state index >= 15 is 0 Å². The Balaban J connectivity index is 3.23. The fourth-order valence-electron chi connectivity index (χ4n) is 8.31. The third-order valence-corrected chi connectivity index (χ3v) is 12.0. The van der Waals surface area contributed by atoms with Gasteiger partial charge in [-0.2, -0.15) is 0 Å². The van der Waals surface area contributed by atoms with E-state index in [1.165, 1.54) is 289 Å². The van der Waals surface area contributed by atoms with Crippen molar-refractivity contribution in [1.29, 1.82) is 0 Å². The molecule has 0 aromatic heterocycles. The lowest BCUT2D eigenvalue weighted by molar-refractivity contribution is -0.111. The monoisotopic (exact) mass is 717 g/mol. The second kappa shape index (κ2) is 47.7. The molecule has 0 aromatic carbocycles. The first-order chi connectivity index (χ1) is 25.3. The van der Waals surface area contributed by atoms with Gasteiger partial charge in [0.05, 0.1) is 0 Å². The number of rotatable bonds is 47. The number of aldehydes is 1. The van der Waals surface area contributed by atoms with Crippen LogP contribution in [0.5, 0.6) is 0 Å². The van der Waals surface area contributed by atoms with Gasteiger partial charge in [0.15, 0.2) is 0 Å². The molecule has 0 radical (unpaired) electrons. The summed E-state index contributed by atoms with van der Waals surface area (Å²) in [6, 6.07) is 0. The fourth-order valence-corrected chi connectivity index (χ4v) is 8.31. The van der Waals surface area contributed by atoms with E-state index in [9.17, 15) is 4.79 Å². The van der Waals surface area contributed by atoms with Gasteiger partial charge in [-0.15, -0.1) is 0 Å². The molecule has 0 saturated carbocycles. The Hall–Kier alpha value is -0.330. The van der Waals surface area contributed by atoms with E-state index in [1.54, 1.807) is 0 Å². The Morgan fingerprint density at radius 3 is 0.510 bits per heavy atom. The predicted octanol–water partition coefficient (Wildman–Crippen LogP) is 18.8. The highest BCUT2D eigenvalue weighted by molar-refractivity contribution is 5.53. The van der Waals surface area contributed by atoms with Gasteiger partial charge in [0.1, 0.15) is 6.29 Å². The van der Waals surface area contributed by atoms with Crippen LogP contribution >= 0.6 is 0 Å². The zero-order chi connectivity index (χ0) is 36.8. The van der Waals surface area contributed by atoms with E-state index in [1.807, 2.05) is 0 Å². The van der Waals surface area contributed by atoms with Crippen molar-refractivity contribution in [2.24, 2.45) is 5.92 Å². The molecule has 0 aliphatic rings. The van der Waals surface area contributed by atoms with E-state index in [0.29, 0.717) is 5.92 Å². The number of hydrogen-bond acceptors (Lipinski definition) is 1.